The Morgan fingerprint density at radius 2 is 1.80 bits per heavy atom. The van der Waals surface area contributed by atoms with Crippen LogP contribution in [0.15, 0.2) is 53.4 Å². The van der Waals surface area contributed by atoms with Gasteiger partial charge in [-0.2, -0.15) is 4.31 Å². The second kappa shape index (κ2) is 6.28. The Morgan fingerprint density at radius 1 is 1.04 bits per heavy atom. The number of benzene rings is 2. The summed E-state index contributed by atoms with van der Waals surface area (Å²) in [4.78, 5) is 12.3. The summed E-state index contributed by atoms with van der Waals surface area (Å²) in [6.07, 6.45) is 2.60. The number of hydrogen-bond acceptors (Lipinski definition) is 3. The van der Waals surface area contributed by atoms with Crippen LogP contribution in [0.2, 0.25) is 0 Å². The van der Waals surface area contributed by atoms with Gasteiger partial charge in [-0.1, -0.05) is 24.3 Å². The predicted octanol–water partition coefficient (Wildman–Crippen LogP) is 2.78. The molecule has 0 saturated heterocycles. The molecule has 0 aromatic heterocycles. The van der Waals surface area contributed by atoms with Crippen LogP contribution in [0.4, 0.5) is 5.69 Å². The summed E-state index contributed by atoms with van der Waals surface area (Å²) < 4.78 is 27.1. The van der Waals surface area contributed by atoms with Crippen molar-refractivity contribution < 1.29 is 13.2 Å². The average molecular weight is 356 g/mol. The van der Waals surface area contributed by atoms with Crippen molar-refractivity contribution in [2.24, 2.45) is 5.92 Å². The standard InChI is InChI=1S/C19H20N2O3S/c22-19(15-6-7-15)20-17-9-8-14-10-11-21(13-16(14)12-17)25(23,24)18-4-2-1-3-5-18/h1-5,8-9,12,15H,6-7,10-11,13H2,(H,20,22). The molecular weight excluding hydrogens is 336 g/mol. The minimum Gasteiger partial charge on any atom is -0.326 e. The summed E-state index contributed by atoms with van der Waals surface area (Å²) in [6, 6.07) is 14.3. The number of carbonyl (C=O) groups is 1. The summed E-state index contributed by atoms with van der Waals surface area (Å²) in [7, 11) is -3.50. The van der Waals surface area contributed by atoms with Gasteiger partial charge in [-0.05, 0) is 54.7 Å². The van der Waals surface area contributed by atoms with E-state index in [0.29, 0.717) is 24.4 Å². The van der Waals surface area contributed by atoms with E-state index in [-0.39, 0.29) is 11.8 Å². The molecule has 6 heteroatoms. The van der Waals surface area contributed by atoms with Gasteiger partial charge >= 0.3 is 0 Å². The number of amides is 1. The quantitative estimate of drug-likeness (QED) is 0.916. The second-order valence-corrected chi connectivity index (χ2v) is 8.59. The Labute approximate surface area is 147 Å². The Kier molecular flexibility index (Phi) is 4.09. The molecule has 0 unspecified atom stereocenters. The first kappa shape index (κ1) is 16.3. The third kappa shape index (κ3) is 3.32. The number of rotatable bonds is 4. The zero-order chi connectivity index (χ0) is 17.4. The molecule has 0 radical (unpaired) electrons. The molecule has 2 aromatic carbocycles. The molecule has 1 N–H and O–H groups in total. The van der Waals surface area contributed by atoms with E-state index in [0.717, 1.165) is 29.7 Å². The maximum atomic E-state index is 12.8. The number of fused-ring (bicyclic) bond motifs is 1. The number of nitrogens with zero attached hydrogens (tertiary/aromatic N) is 1. The number of anilines is 1. The summed E-state index contributed by atoms with van der Waals surface area (Å²) in [6.45, 7) is 0.803. The average Bonchev–Trinajstić information content (AvgIpc) is 3.47. The van der Waals surface area contributed by atoms with E-state index in [1.54, 1.807) is 30.3 Å². The van der Waals surface area contributed by atoms with Crippen molar-refractivity contribution in [3.05, 3.63) is 59.7 Å². The van der Waals surface area contributed by atoms with E-state index < -0.39 is 10.0 Å². The van der Waals surface area contributed by atoms with Gasteiger partial charge in [-0.3, -0.25) is 4.79 Å². The fourth-order valence-electron chi connectivity index (χ4n) is 3.15. The molecule has 1 amide bonds. The first-order chi connectivity index (χ1) is 12.0. The normalized spacial score (nSPS) is 17.8. The summed E-state index contributed by atoms with van der Waals surface area (Å²) in [5.41, 5.74) is 2.85. The maximum absolute atomic E-state index is 12.8. The molecule has 2 aromatic rings. The molecule has 1 aliphatic heterocycles. The molecule has 1 heterocycles. The van der Waals surface area contributed by atoms with E-state index in [4.69, 9.17) is 0 Å². The first-order valence-corrected chi connectivity index (χ1v) is 9.96. The predicted molar refractivity (Wildman–Crippen MR) is 95.5 cm³/mol. The summed E-state index contributed by atoms with van der Waals surface area (Å²) >= 11 is 0. The number of sulfonamides is 1. The lowest BCUT2D eigenvalue weighted by atomic mass is 10.0. The smallest absolute Gasteiger partial charge is 0.243 e. The van der Waals surface area contributed by atoms with Crippen LogP contribution in [-0.2, 0) is 27.8 Å². The summed E-state index contributed by atoms with van der Waals surface area (Å²) in [5, 5.41) is 2.93. The van der Waals surface area contributed by atoms with Crippen molar-refractivity contribution in [1.29, 1.82) is 0 Å². The van der Waals surface area contributed by atoms with E-state index in [1.165, 1.54) is 4.31 Å². The van der Waals surface area contributed by atoms with Crippen LogP contribution in [0.25, 0.3) is 0 Å². The van der Waals surface area contributed by atoms with Gasteiger partial charge in [0.05, 0.1) is 4.90 Å². The highest BCUT2D eigenvalue weighted by Gasteiger charge is 2.30. The molecule has 0 atom stereocenters. The van der Waals surface area contributed by atoms with Crippen LogP contribution in [0, 0.1) is 5.92 Å². The third-order valence-corrected chi connectivity index (χ3v) is 6.64. The van der Waals surface area contributed by atoms with E-state index in [9.17, 15) is 13.2 Å². The Morgan fingerprint density at radius 3 is 2.52 bits per heavy atom. The topological polar surface area (TPSA) is 66.5 Å². The van der Waals surface area contributed by atoms with Gasteiger partial charge in [-0.25, -0.2) is 8.42 Å². The molecule has 130 valence electrons. The lowest BCUT2D eigenvalue weighted by Gasteiger charge is -2.28. The van der Waals surface area contributed by atoms with Crippen molar-refractivity contribution in [2.45, 2.75) is 30.7 Å². The highest BCUT2D eigenvalue weighted by Crippen LogP contribution is 2.31. The van der Waals surface area contributed by atoms with E-state index in [1.807, 2.05) is 18.2 Å². The zero-order valence-corrected chi connectivity index (χ0v) is 14.6. The van der Waals surface area contributed by atoms with Crippen LogP contribution < -0.4 is 5.32 Å². The molecule has 5 nitrogen and oxygen atoms in total. The Balaban J connectivity index is 1.56. The molecular formula is C19H20N2O3S. The van der Waals surface area contributed by atoms with Crippen LogP contribution in [0.5, 0.6) is 0 Å². The van der Waals surface area contributed by atoms with Gasteiger partial charge in [0.15, 0.2) is 0 Å². The van der Waals surface area contributed by atoms with Gasteiger partial charge in [0.1, 0.15) is 0 Å². The van der Waals surface area contributed by atoms with Crippen LogP contribution in [0.3, 0.4) is 0 Å². The first-order valence-electron chi connectivity index (χ1n) is 8.52. The van der Waals surface area contributed by atoms with Crippen molar-refractivity contribution in [3.8, 4) is 0 Å². The van der Waals surface area contributed by atoms with Gasteiger partial charge in [0, 0.05) is 24.7 Å². The van der Waals surface area contributed by atoms with Crippen molar-refractivity contribution in [1.82, 2.24) is 4.31 Å². The lowest BCUT2D eigenvalue weighted by Crippen LogP contribution is -2.36. The Bertz CT molecular complexity index is 906. The molecule has 0 spiro atoms. The summed E-state index contributed by atoms with van der Waals surface area (Å²) in [5.74, 6) is 0.204. The van der Waals surface area contributed by atoms with Gasteiger partial charge < -0.3 is 5.32 Å². The van der Waals surface area contributed by atoms with Gasteiger partial charge in [0.25, 0.3) is 0 Å². The maximum Gasteiger partial charge on any atom is 0.243 e. The Hall–Kier alpha value is -2.18. The van der Waals surface area contributed by atoms with E-state index >= 15 is 0 Å². The van der Waals surface area contributed by atoms with Crippen molar-refractivity contribution in [3.63, 3.8) is 0 Å². The van der Waals surface area contributed by atoms with Crippen LogP contribution in [-0.4, -0.2) is 25.2 Å². The minimum absolute atomic E-state index is 0.0597. The number of hydrogen-bond donors (Lipinski definition) is 1. The molecule has 2 aliphatic rings. The van der Waals surface area contributed by atoms with Gasteiger partial charge in [-0.15, -0.1) is 0 Å². The number of nitrogens with one attached hydrogen (secondary N) is 1. The molecule has 0 bridgehead atoms. The zero-order valence-electron chi connectivity index (χ0n) is 13.8. The third-order valence-electron chi connectivity index (χ3n) is 4.78. The molecule has 1 fully saturated rings. The minimum atomic E-state index is -3.50. The monoisotopic (exact) mass is 356 g/mol. The van der Waals surface area contributed by atoms with Crippen molar-refractivity contribution >= 4 is 21.6 Å². The van der Waals surface area contributed by atoms with Gasteiger partial charge in [0.2, 0.25) is 15.9 Å². The fourth-order valence-corrected chi connectivity index (χ4v) is 4.59. The molecule has 4 rings (SSSR count). The molecule has 1 aliphatic carbocycles. The molecule has 1 saturated carbocycles. The largest absolute Gasteiger partial charge is 0.326 e. The van der Waals surface area contributed by atoms with Crippen molar-refractivity contribution in [2.75, 3.05) is 11.9 Å². The SMILES string of the molecule is O=C(Nc1ccc2c(c1)CN(S(=O)(=O)c1ccccc1)CC2)C1CC1. The lowest BCUT2D eigenvalue weighted by molar-refractivity contribution is -0.117. The molecule has 25 heavy (non-hydrogen) atoms. The van der Waals surface area contributed by atoms with Crippen LogP contribution in [0.1, 0.15) is 24.0 Å². The number of carbonyl (C=O) groups excluding carboxylic acids is 1. The fraction of sp³-hybridized carbons (Fsp3) is 0.316. The highest BCUT2D eigenvalue weighted by molar-refractivity contribution is 7.89. The highest BCUT2D eigenvalue weighted by atomic mass is 32.2. The van der Waals surface area contributed by atoms with Crippen LogP contribution >= 0.6 is 0 Å². The second-order valence-electron chi connectivity index (χ2n) is 6.65. The van der Waals surface area contributed by atoms with E-state index in [2.05, 4.69) is 5.32 Å².